The minimum Gasteiger partial charge on any atom is -0.0610 e. The van der Waals surface area contributed by atoms with E-state index in [1.807, 2.05) is 0 Å². The zero-order chi connectivity index (χ0) is 22.3. The van der Waals surface area contributed by atoms with Gasteiger partial charge in [0.25, 0.3) is 0 Å². The highest BCUT2D eigenvalue weighted by Gasteiger charge is 2.24. The smallest absolute Gasteiger partial charge is 0.0120 e. The highest BCUT2D eigenvalue weighted by atomic mass is 14.3. The van der Waals surface area contributed by atoms with Gasteiger partial charge in [-0.2, -0.15) is 0 Å². The van der Waals surface area contributed by atoms with Gasteiger partial charge in [-0.25, -0.2) is 0 Å². The van der Waals surface area contributed by atoms with E-state index < -0.39 is 0 Å². The van der Waals surface area contributed by atoms with E-state index >= 15 is 0 Å². The van der Waals surface area contributed by atoms with Gasteiger partial charge in [-0.05, 0) is 55.2 Å². The van der Waals surface area contributed by atoms with Gasteiger partial charge >= 0.3 is 0 Å². The standard InChI is InChI=1S/C30H38/c1-28(2,3)23-17-13-21(14-18-23)25-11-10-12-26(27(25)30(7,8)9)22-15-19-24(20-16-22)29(4,5)6/h10-20H,1-9H3. The molecule has 0 radical (unpaired) electrons. The topological polar surface area (TPSA) is 0 Å². The van der Waals surface area contributed by atoms with Crippen LogP contribution in [0.1, 0.15) is 79.0 Å². The van der Waals surface area contributed by atoms with Crippen molar-refractivity contribution in [2.45, 2.75) is 78.6 Å². The molecule has 0 heterocycles. The SMILES string of the molecule is CC(C)(C)c1ccc(-c2cccc(-c3ccc(C(C)(C)C)cc3)c2C(C)(C)C)cc1. The summed E-state index contributed by atoms with van der Waals surface area (Å²) in [6, 6.07) is 25.1. The van der Waals surface area contributed by atoms with Crippen molar-refractivity contribution in [3.05, 3.63) is 83.4 Å². The second-order valence-corrected chi connectivity index (χ2v) is 11.6. The van der Waals surface area contributed by atoms with Gasteiger partial charge in [-0.1, -0.05) is 129 Å². The molecule has 0 aliphatic rings. The van der Waals surface area contributed by atoms with E-state index in [0.717, 1.165) is 0 Å². The van der Waals surface area contributed by atoms with Crippen LogP contribution in [0, 0.1) is 0 Å². The van der Waals surface area contributed by atoms with Crippen molar-refractivity contribution in [3.8, 4) is 22.3 Å². The van der Waals surface area contributed by atoms with Crippen molar-refractivity contribution < 1.29 is 0 Å². The Morgan fingerprint density at radius 1 is 0.400 bits per heavy atom. The Labute approximate surface area is 184 Å². The first-order valence-corrected chi connectivity index (χ1v) is 11.1. The molecule has 0 saturated carbocycles. The van der Waals surface area contributed by atoms with Crippen LogP contribution in [0.2, 0.25) is 0 Å². The van der Waals surface area contributed by atoms with Crippen molar-refractivity contribution in [1.29, 1.82) is 0 Å². The fourth-order valence-electron chi connectivity index (χ4n) is 4.14. The minimum atomic E-state index is 0.0390. The Kier molecular flexibility index (Phi) is 5.76. The maximum atomic E-state index is 2.32. The van der Waals surface area contributed by atoms with Gasteiger partial charge in [0.2, 0.25) is 0 Å². The molecule has 0 fully saturated rings. The number of benzene rings is 3. The third-order valence-corrected chi connectivity index (χ3v) is 5.94. The second kappa shape index (κ2) is 7.73. The lowest BCUT2D eigenvalue weighted by Gasteiger charge is -2.28. The van der Waals surface area contributed by atoms with Gasteiger partial charge in [-0.15, -0.1) is 0 Å². The summed E-state index contributed by atoms with van der Waals surface area (Å²) < 4.78 is 0. The minimum absolute atomic E-state index is 0.0390. The number of hydrogen-bond donors (Lipinski definition) is 0. The van der Waals surface area contributed by atoms with Crippen LogP contribution in [-0.2, 0) is 16.2 Å². The van der Waals surface area contributed by atoms with Crippen LogP contribution in [0.5, 0.6) is 0 Å². The molecule has 158 valence electrons. The van der Waals surface area contributed by atoms with E-state index in [9.17, 15) is 0 Å². The molecule has 0 amide bonds. The summed E-state index contributed by atoms with van der Waals surface area (Å²) in [5, 5.41) is 0. The summed E-state index contributed by atoms with van der Waals surface area (Å²) >= 11 is 0. The maximum Gasteiger partial charge on any atom is -0.0120 e. The summed E-state index contributed by atoms with van der Waals surface area (Å²) in [5.41, 5.74) is 9.79. The van der Waals surface area contributed by atoms with Crippen LogP contribution in [0.15, 0.2) is 66.7 Å². The third kappa shape index (κ3) is 4.69. The van der Waals surface area contributed by atoms with Crippen LogP contribution in [0.25, 0.3) is 22.3 Å². The van der Waals surface area contributed by atoms with Crippen molar-refractivity contribution >= 4 is 0 Å². The highest BCUT2D eigenvalue weighted by molar-refractivity contribution is 5.80. The maximum absolute atomic E-state index is 2.32. The predicted molar refractivity (Wildman–Crippen MR) is 133 cm³/mol. The van der Waals surface area contributed by atoms with E-state index in [4.69, 9.17) is 0 Å². The largest absolute Gasteiger partial charge is 0.0610 e. The molecule has 30 heavy (non-hydrogen) atoms. The summed E-state index contributed by atoms with van der Waals surface area (Å²) in [6.07, 6.45) is 0. The van der Waals surface area contributed by atoms with Crippen LogP contribution >= 0.6 is 0 Å². The van der Waals surface area contributed by atoms with Crippen molar-refractivity contribution in [1.82, 2.24) is 0 Å². The first kappa shape index (κ1) is 22.3. The first-order valence-electron chi connectivity index (χ1n) is 11.1. The average molecular weight is 399 g/mol. The van der Waals surface area contributed by atoms with Crippen LogP contribution < -0.4 is 0 Å². The lowest BCUT2D eigenvalue weighted by atomic mass is 9.76. The Hall–Kier alpha value is -2.34. The molecule has 3 aromatic carbocycles. The first-order chi connectivity index (χ1) is 13.8. The Balaban J connectivity index is 2.15. The molecule has 3 rings (SSSR count). The molecule has 0 saturated heterocycles. The molecule has 0 aromatic heterocycles. The lowest BCUT2D eigenvalue weighted by Crippen LogP contribution is -2.15. The lowest BCUT2D eigenvalue weighted by molar-refractivity contribution is 0.589. The van der Waals surface area contributed by atoms with E-state index in [1.54, 1.807) is 0 Å². The molecule has 0 aliphatic heterocycles. The molecule has 0 bridgehead atoms. The Bertz CT molecular complexity index is 920. The van der Waals surface area contributed by atoms with E-state index in [0.29, 0.717) is 0 Å². The van der Waals surface area contributed by atoms with Crippen LogP contribution in [0.3, 0.4) is 0 Å². The molecule has 3 aromatic rings. The summed E-state index contributed by atoms with van der Waals surface area (Å²) in [4.78, 5) is 0. The molecular formula is C30H38. The van der Waals surface area contributed by atoms with Gasteiger partial charge in [0.1, 0.15) is 0 Å². The van der Waals surface area contributed by atoms with Gasteiger partial charge in [0.15, 0.2) is 0 Å². The van der Waals surface area contributed by atoms with E-state index in [1.165, 1.54) is 38.9 Å². The average Bonchev–Trinajstić information content (AvgIpc) is 2.65. The van der Waals surface area contributed by atoms with Crippen LogP contribution in [0.4, 0.5) is 0 Å². The number of rotatable bonds is 2. The van der Waals surface area contributed by atoms with Crippen molar-refractivity contribution in [3.63, 3.8) is 0 Å². The Morgan fingerprint density at radius 2 is 0.733 bits per heavy atom. The van der Waals surface area contributed by atoms with Gasteiger partial charge in [0.05, 0.1) is 0 Å². The molecule has 0 nitrogen and oxygen atoms in total. The van der Waals surface area contributed by atoms with E-state index in [2.05, 4.69) is 129 Å². The predicted octanol–water partition coefficient (Wildman–Crippen LogP) is 8.91. The quantitative estimate of drug-likeness (QED) is 0.404. The second-order valence-electron chi connectivity index (χ2n) is 11.6. The fraction of sp³-hybridized carbons (Fsp3) is 0.400. The molecule has 0 unspecified atom stereocenters. The number of hydrogen-bond acceptors (Lipinski definition) is 0. The zero-order valence-electron chi connectivity index (χ0n) is 20.4. The Morgan fingerprint density at radius 3 is 1.00 bits per heavy atom. The third-order valence-electron chi connectivity index (χ3n) is 5.94. The molecule has 0 spiro atoms. The monoisotopic (exact) mass is 398 g/mol. The normalized spacial score (nSPS) is 12.8. The summed E-state index contributed by atoms with van der Waals surface area (Å²) in [5.74, 6) is 0. The van der Waals surface area contributed by atoms with Crippen molar-refractivity contribution in [2.75, 3.05) is 0 Å². The van der Waals surface area contributed by atoms with Gasteiger partial charge in [-0.3, -0.25) is 0 Å². The molecule has 0 aliphatic carbocycles. The van der Waals surface area contributed by atoms with Gasteiger partial charge in [0, 0.05) is 0 Å². The summed E-state index contributed by atoms with van der Waals surface area (Å²) in [6.45, 7) is 20.6. The summed E-state index contributed by atoms with van der Waals surface area (Å²) in [7, 11) is 0. The molecular weight excluding hydrogens is 360 g/mol. The van der Waals surface area contributed by atoms with Crippen LogP contribution in [-0.4, -0.2) is 0 Å². The fourth-order valence-corrected chi connectivity index (χ4v) is 4.14. The highest BCUT2D eigenvalue weighted by Crippen LogP contribution is 2.41. The van der Waals surface area contributed by atoms with Gasteiger partial charge < -0.3 is 0 Å². The van der Waals surface area contributed by atoms with E-state index in [-0.39, 0.29) is 16.2 Å². The zero-order valence-corrected chi connectivity index (χ0v) is 20.4. The molecule has 0 N–H and O–H groups in total. The van der Waals surface area contributed by atoms with Crippen molar-refractivity contribution in [2.24, 2.45) is 0 Å². The molecule has 0 atom stereocenters. The molecule has 0 heteroatoms.